The number of hydrogen-bond donors (Lipinski definition) is 2. The zero-order chi connectivity index (χ0) is 19.1. The molecule has 2 aromatic rings. The Hall–Kier alpha value is -3.29. The predicted molar refractivity (Wildman–Crippen MR) is 100 cm³/mol. The minimum atomic E-state index is -0.416. The summed E-state index contributed by atoms with van der Waals surface area (Å²) < 4.78 is 7.01. The molecule has 8 heteroatoms. The fraction of sp³-hybridized carbons (Fsp3) is 0.278. The summed E-state index contributed by atoms with van der Waals surface area (Å²) in [5.74, 6) is 0.552. The Morgan fingerprint density at radius 3 is 2.69 bits per heavy atom. The molecular formula is C18H23N5O3. The van der Waals surface area contributed by atoms with Gasteiger partial charge in [-0.2, -0.15) is 5.10 Å². The van der Waals surface area contributed by atoms with E-state index in [9.17, 15) is 9.59 Å². The second-order valence-electron chi connectivity index (χ2n) is 6.07. The van der Waals surface area contributed by atoms with Gasteiger partial charge in [-0.05, 0) is 24.6 Å². The van der Waals surface area contributed by atoms with E-state index in [0.717, 1.165) is 5.57 Å². The van der Waals surface area contributed by atoms with Crippen molar-refractivity contribution in [2.75, 3.05) is 31.3 Å². The van der Waals surface area contributed by atoms with Gasteiger partial charge in [0.2, 0.25) is 5.91 Å². The number of carbonyl (C=O) groups excluding carboxylic acids is 2. The fourth-order valence-corrected chi connectivity index (χ4v) is 1.96. The first-order chi connectivity index (χ1) is 12.3. The molecule has 0 fully saturated rings. The number of likely N-dealkylation sites (N-methyl/N-ethyl adjacent to an activating group) is 1. The van der Waals surface area contributed by atoms with Crippen LogP contribution in [0.25, 0.3) is 0 Å². The molecule has 0 unspecified atom stereocenters. The molecule has 1 aromatic heterocycles. The Morgan fingerprint density at radius 1 is 1.27 bits per heavy atom. The second-order valence-corrected chi connectivity index (χ2v) is 6.07. The Morgan fingerprint density at radius 2 is 2.00 bits per heavy atom. The van der Waals surface area contributed by atoms with Gasteiger partial charge in [-0.15, -0.1) is 0 Å². The van der Waals surface area contributed by atoms with E-state index in [4.69, 9.17) is 4.74 Å². The van der Waals surface area contributed by atoms with Crippen molar-refractivity contribution in [3.63, 3.8) is 0 Å². The summed E-state index contributed by atoms with van der Waals surface area (Å²) in [5.41, 5.74) is 1.99. The molecule has 26 heavy (non-hydrogen) atoms. The summed E-state index contributed by atoms with van der Waals surface area (Å²) in [7, 11) is 3.35. The molecule has 1 heterocycles. The van der Waals surface area contributed by atoms with E-state index < -0.39 is 6.03 Å². The number of hydrogen-bond acceptors (Lipinski definition) is 4. The fourth-order valence-electron chi connectivity index (χ4n) is 1.96. The standard InChI is InChI=1S/C18H23N5O3/c1-13(2)12-26-16-7-5-6-14(8-16)20-18(25)21-15-9-19-23(10-15)11-17(24)22(3)4/h5-10H,1,11-12H2,2-4H3,(H2,20,21,25). The van der Waals surface area contributed by atoms with E-state index in [1.165, 1.54) is 15.8 Å². The van der Waals surface area contributed by atoms with Crippen molar-refractivity contribution < 1.29 is 14.3 Å². The molecule has 0 aliphatic rings. The van der Waals surface area contributed by atoms with E-state index in [2.05, 4.69) is 22.3 Å². The molecule has 0 saturated carbocycles. The van der Waals surface area contributed by atoms with Crippen LogP contribution in [0.2, 0.25) is 0 Å². The van der Waals surface area contributed by atoms with Gasteiger partial charge in [-0.1, -0.05) is 12.6 Å². The summed E-state index contributed by atoms with van der Waals surface area (Å²) in [6.45, 7) is 6.18. The van der Waals surface area contributed by atoms with Gasteiger partial charge in [0, 0.05) is 32.0 Å². The average molecular weight is 357 g/mol. The number of rotatable bonds is 7. The van der Waals surface area contributed by atoms with E-state index >= 15 is 0 Å². The maximum Gasteiger partial charge on any atom is 0.323 e. The van der Waals surface area contributed by atoms with Crippen LogP contribution in [0, 0.1) is 0 Å². The number of nitrogens with zero attached hydrogens (tertiary/aromatic N) is 3. The summed E-state index contributed by atoms with van der Waals surface area (Å²) in [5, 5.41) is 9.44. The first-order valence-electron chi connectivity index (χ1n) is 8.01. The largest absolute Gasteiger partial charge is 0.489 e. The molecular weight excluding hydrogens is 334 g/mol. The van der Waals surface area contributed by atoms with Gasteiger partial charge in [0.15, 0.2) is 0 Å². The average Bonchev–Trinajstić information content (AvgIpc) is 2.99. The van der Waals surface area contributed by atoms with Crippen molar-refractivity contribution in [2.45, 2.75) is 13.5 Å². The van der Waals surface area contributed by atoms with Crippen molar-refractivity contribution in [2.24, 2.45) is 0 Å². The first kappa shape index (κ1) is 19.0. The minimum absolute atomic E-state index is 0.0873. The lowest BCUT2D eigenvalue weighted by Crippen LogP contribution is -2.26. The van der Waals surface area contributed by atoms with Gasteiger partial charge in [-0.25, -0.2) is 4.79 Å². The highest BCUT2D eigenvalue weighted by atomic mass is 16.5. The summed E-state index contributed by atoms with van der Waals surface area (Å²) in [4.78, 5) is 25.2. The van der Waals surface area contributed by atoms with Crippen molar-refractivity contribution in [3.05, 3.63) is 48.8 Å². The van der Waals surface area contributed by atoms with E-state index in [-0.39, 0.29) is 12.5 Å². The lowest BCUT2D eigenvalue weighted by atomic mass is 10.3. The molecule has 1 aromatic carbocycles. The van der Waals surface area contributed by atoms with Gasteiger partial charge < -0.3 is 20.3 Å². The Balaban J connectivity index is 1.91. The van der Waals surface area contributed by atoms with E-state index in [1.807, 2.05) is 6.92 Å². The van der Waals surface area contributed by atoms with Gasteiger partial charge in [0.05, 0.1) is 11.9 Å². The van der Waals surface area contributed by atoms with Crippen LogP contribution < -0.4 is 15.4 Å². The molecule has 0 aliphatic carbocycles. The van der Waals surface area contributed by atoms with Gasteiger partial charge in [0.25, 0.3) is 0 Å². The molecule has 0 saturated heterocycles. The molecule has 0 spiro atoms. The number of carbonyl (C=O) groups is 2. The molecule has 0 radical (unpaired) electrons. The lowest BCUT2D eigenvalue weighted by molar-refractivity contribution is -0.129. The summed E-state index contributed by atoms with van der Waals surface area (Å²) in [6.07, 6.45) is 3.07. The third kappa shape index (κ3) is 5.97. The van der Waals surface area contributed by atoms with Crippen molar-refractivity contribution >= 4 is 23.3 Å². The molecule has 2 rings (SSSR count). The smallest absolute Gasteiger partial charge is 0.323 e. The zero-order valence-electron chi connectivity index (χ0n) is 15.2. The molecule has 2 N–H and O–H groups in total. The van der Waals surface area contributed by atoms with Crippen LogP contribution in [-0.4, -0.2) is 47.3 Å². The van der Waals surface area contributed by atoms with Crippen molar-refractivity contribution in [1.29, 1.82) is 0 Å². The topological polar surface area (TPSA) is 88.5 Å². The number of benzene rings is 1. The molecule has 8 nitrogen and oxygen atoms in total. The zero-order valence-corrected chi connectivity index (χ0v) is 15.2. The SMILES string of the molecule is C=C(C)COc1cccc(NC(=O)Nc2cnn(CC(=O)N(C)C)c2)c1. The molecule has 138 valence electrons. The first-order valence-corrected chi connectivity index (χ1v) is 8.01. The molecule has 0 bridgehead atoms. The van der Waals surface area contributed by atoms with E-state index in [0.29, 0.717) is 23.7 Å². The van der Waals surface area contributed by atoms with Gasteiger partial charge in [-0.3, -0.25) is 9.48 Å². The normalized spacial score (nSPS) is 10.1. The quantitative estimate of drug-likeness (QED) is 0.746. The highest BCUT2D eigenvalue weighted by molar-refractivity contribution is 5.99. The number of urea groups is 1. The van der Waals surface area contributed by atoms with Gasteiger partial charge in [0.1, 0.15) is 18.9 Å². The molecule has 0 aliphatic heterocycles. The van der Waals surface area contributed by atoms with Crippen molar-refractivity contribution in [1.82, 2.24) is 14.7 Å². The van der Waals surface area contributed by atoms with E-state index in [1.54, 1.807) is 44.6 Å². The third-order valence-electron chi connectivity index (χ3n) is 3.26. The molecule has 3 amide bonds. The number of amides is 3. The van der Waals surface area contributed by atoms with Crippen LogP contribution in [0.1, 0.15) is 6.92 Å². The second kappa shape index (κ2) is 8.70. The Bertz CT molecular complexity index is 798. The highest BCUT2D eigenvalue weighted by Crippen LogP contribution is 2.18. The van der Waals surface area contributed by atoms with Crippen LogP contribution in [0.4, 0.5) is 16.2 Å². The number of aromatic nitrogens is 2. The lowest BCUT2D eigenvalue weighted by Gasteiger charge is -2.10. The predicted octanol–water partition coefficient (Wildman–Crippen LogP) is 2.57. The molecule has 0 atom stereocenters. The maximum absolute atomic E-state index is 12.1. The van der Waals surface area contributed by atoms with Crippen LogP contribution in [-0.2, 0) is 11.3 Å². The maximum atomic E-state index is 12.1. The minimum Gasteiger partial charge on any atom is -0.489 e. The number of ether oxygens (including phenoxy) is 1. The number of nitrogens with one attached hydrogen (secondary N) is 2. The monoisotopic (exact) mass is 357 g/mol. The number of anilines is 2. The Kier molecular flexibility index (Phi) is 6.37. The van der Waals surface area contributed by atoms with Crippen LogP contribution in [0.3, 0.4) is 0 Å². The van der Waals surface area contributed by atoms with Crippen LogP contribution >= 0.6 is 0 Å². The van der Waals surface area contributed by atoms with Gasteiger partial charge >= 0.3 is 6.03 Å². The Labute approximate surface area is 152 Å². The van der Waals surface area contributed by atoms with Crippen molar-refractivity contribution in [3.8, 4) is 5.75 Å². The third-order valence-corrected chi connectivity index (χ3v) is 3.26. The van der Waals surface area contributed by atoms with Crippen LogP contribution in [0.5, 0.6) is 5.75 Å². The summed E-state index contributed by atoms with van der Waals surface area (Å²) >= 11 is 0. The highest BCUT2D eigenvalue weighted by Gasteiger charge is 2.09. The van der Waals surface area contributed by atoms with Crippen LogP contribution in [0.15, 0.2) is 48.8 Å². The summed E-state index contributed by atoms with van der Waals surface area (Å²) in [6, 6.07) is 6.65.